The van der Waals surface area contributed by atoms with Crippen molar-refractivity contribution in [1.29, 1.82) is 0 Å². The SMILES string of the molecule is CCCC1(c2nccn2C)CCCCCN1. The molecule has 3 heteroatoms. The standard InChI is InChI=1S/C13H23N3/c1-3-7-13(8-5-4-6-9-15-13)12-14-10-11-16(12)2/h10-11,15H,3-9H2,1-2H3. The summed E-state index contributed by atoms with van der Waals surface area (Å²) >= 11 is 0. The van der Waals surface area contributed by atoms with Crippen LogP contribution in [0.4, 0.5) is 0 Å². The van der Waals surface area contributed by atoms with Crippen molar-refractivity contribution in [2.45, 2.75) is 51.0 Å². The zero-order chi connectivity index (χ0) is 11.4. The number of imidazole rings is 1. The van der Waals surface area contributed by atoms with Crippen LogP contribution in [0, 0.1) is 0 Å². The van der Waals surface area contributed by atoms with Gasteiger partial charge < -0.3 is 9.88 Å². The Morgan fingerprint density at radius 3 is 3.00 bits per heavy atom. The molecule has 1 aromatic rings. The fourth-order valence-electron chi connectivity index (χ4n) is 2.91. The summed E-state index contributed by atoms with van der Waals surface area (Å²) in [6.07, 6.45) is 11.6. The number of nitrogens with zero attached hydrogens (tertiary/aromatic N) is 2. The van der Waals surface area contributed by atoms with Crippen molar-refractivity contribution >= 4 is 0 Å². The Balaban J connectivity index is 2.29. The fourth-order valence-corrected chi connectivity index (χ4v) is 2.91. The Morgan fingerprint density at radius 2 is 2.31 bits per heavy atom. The summed E-state index contributed by atoms with van der Waals surface area (Å²) < 4.78 is 2.17. The van der Waals surface area contributed by atoms with E-state index in [1.165, 1.54) is 44.3 Å². The molecule has 1 aliphatic heterocycles. The van der Waals surface area contributed by atoms with Crippen LogP contribution < -0.4 is 5.32 Å². The van der Waals surface area contributed by atoms with Gasteiger partial charge >= 0.3 is 0 Å². The van der Waals surface area contributed by atoms with Gasteiger partial charge in [-0.15, -0.1) is 0 Å². The number of aryl methyl sites for hydroxylation is 1. The molecule has 1 N–H and O–H groups in total. The molecule has 0 spiro atoms. The van der Waals surface area contributed by atoms with Crippen molar-refractivity contribution < 1.29 is 0 Å². The third-order valence-electron chi connectivity index (χ3n) is 3.67. The van der Waals surface area contributed by atoms with E-state index in [4.69, 9.17) is 0 Å². The highest BCUT2D eigenvalue weighted by Gasteiger charge is 2.34. The molecular weight excluding hydrogens is 198 g/mol. The second kappa shape index (κ2) is 5.00. The van der Waals surface area contributed by atoms with Gasteiger partial charge in [0.1, 0.15) is 5.82 Å². The largest absolute Gasteiger partial charge is 0.336 e. The van der Waals surface area contributed by atoms with E-state index in [0.29, 0.717) is 0 Å². The summed E-state index contributed by atoms with van der Waals surface area (Å²) in [6, 6.07) is 0. The van der Waals surface area contributed by atoms with Crippen LogP contribution in [0.2, 0.25) is 0 Å². The predicted octanol–water partition coefficient (Wildman–Crippen LogP) is 2.58. The summed E-state index contributed by atoms with van der Waals surface area (Å²) in [5, 5.41) is 3.76. The number of rotatable bonds is 3. The summed E-state index contributed by atoms with van der Waals surface area (Å²) in [5.74, 6) is 1.22. The van der Waals surface area contributed by atoms with Gasteiger partial charge in [0.05, 0.1) is 5.54 Å². The molecule has 0 saturated carbocycles. The molecule has 16 heavy (non-hydrogen) atoms. The van der Waals surface area contributed by atoms with Crippen LogP contribution in [-0.2, 0) is 12.6 Å². The minimum atomic E-state index is 0.128. The number of aromatic nitrogens is 2. The molecule has 2 rings (SSSR count). The topological polar surface area (TPSA) is 29.9 Å². The zero-order valence-electron chi connectivity index (χ0n) is 10.5. The maximum Gasteiger partial charge on any atom is 0.128 e. The Labute approximate surface area is 98.3 Å². The highest BCUT2D eigenvalue weighted by Crippen LogP contribution is 2.32. The molecule has 1 atom stereocenters. The Hall–Kier alpha value is -0.830. The molecule has 0 amide bonds. The first-order chi connectivity index (χ1) is 7.78. The van der Waals surface area contributed by atoms with Crippen LogP contribution in [0.1, 0.15) is 51.3 Å². The third-order valence-corrected chi connectivity index (χ3v) is 3.67. The highest BCUT2D eigenvalue weighted by molar-refractivity contribution is 5.09. The van der Waals surface area contributed by atoms with Crippen LogP contribution >= 0.6 is 0 Å². The minimum Gasteiger partial charge on any atom is -0.336 e. The molecule has 3 nitrogen and oxygen atoms in total. The predicted molar refractivity (Wildman–Crippen MR) is 66.3 cm³/mol. The normalized spacial score (nSPS) is 26.6. The molecule has 1 saturated heterocycles. The van der Waals surface area contributed by atoms with Crippen LogP contribution in [-0.4, -0.2) is 16.1 Å². The molecule has 0 bridgehead atoms. The third kappa shape index (κ3) is 2.14. The molecule has 90 valence electrons. The fraction of sp³-hybridized carbons (Fsp3) is 0.769. The lowest BCUT2D eigenvalue weighted by atomic mass is 9.87. The van der Waals surface area contributed by atoms with Crippen molar-refractivity contribution in [2.75, 3.05) is 6.54 Å². The second-order valence-corrected chi connectivity index (χ2v) is 4.93. The van der Waals surface area contributed by atoms with Crippen LogP contribution in [0.3, 0.4) is 0 Å². The van der Waals surface area contributed by atoms with Gasteiger partial charge in [0.2, 0.25) is 0 Å². The zero-order valence-corrected chi connectivity index (χ0v) is 10.5. The highest BCUT2D eigenvalue weighted by atomic mass is 15.1. The molecule has 0 radical (unpaired) electrons. The lowest BCUT2D eigenvalue weighted by Crippen LogP contribution is -2.43. The quantitative estimate of drug-likeness (QED) is 0.850. The maximum absolute atomic E-state index is 4.57. The summed E-state index contributed by atoms with van der Waals surface area (Å²) in [5.41, 5.74) is 0.128. The van der Waals surface area contributed by atoms with Gasteiger partial charge in [-0.05, 0) is 25.8 Å². The van der Waals surface area contributed by atoms with E-state index >= 15 is 0 Å². The van der Waals surface area contributed by atoms with E-state index in [1.807, 2.05) is 6.20 Å². The first-order valence-corrected chi connectivity index (χ1v) is 6.51. The van der Waals surface area contributed by atoms with Gasteiger partial charge in [0.15, 0.2) is 0 Å². The molecule has 2 heterocycles. The molecule has 1 fully saturated rings. The van der Waals surface area contributed by atoms with E-state index in [2.05, 4.69) is 35.0 Å². The van der Waals surface area contributed by atoms with Crippen LogP contribution in [0.25, 0.3) is 0 Å². The molecule has 1 aromatic heterocycles. The summed E-state index contributed by atoms with van der Waals surface area (Å²) in [7, 11) is 2.10. The van der Waals surface area contributed by atoms with Gasteiger partial charge in [-0.1, -0.05) is 26.2 Å². The van der Waals surface area contributed by atoms with Crippen molar-refractivity contribution in [3.8, 4) is 0 Å². The molecule has 0 aromatic carbocycles. The van der Waals surface area contributed by atoms with Crippen molar-refractivity contribution in [1.82, 2.24) is 14.9 Å². The first-order valence-electron chi connectivity index (χ1n) is 6.51. The van der Waals surface area contributed by atoms with E-state index in [0.717, 1.165) is 6.54 Å². The summed E-state index contributed by atoms with van der Waals surface area (Å²) in [6.45, 7) is 3.39. The van der Waals surface area contributed by atoms with Gasteiger partial charge in [-0.2, -0.15) is 0 Å². The minimum absolute atomic E-state index is 0.128. The Kier molecular flexibility index (Phi) is 3.64. The molecule has 1 aliphatic rings. The van der Waals surface area contributed by atoms with E-state index < -0.39 is 0 Å². The first kappa shape index (κ1) is 11.6. The van der Waals surface area contributed by atoms with Crippen LogP contribution in [0.5, 0.6) is 0 Å². The van der Waals surface area contributed by atoms with E-state index in [1.54, 1.807) is 0 Å². The monoisotopic (exact) mass is 221 g/mol. The van der Waals surface area contributed by atoms with Crippen molar-refractivity contribution in [2.24, 2.45) is 7.05 Å². The number of hydrogen-bond acceptors (Lipinski definition) is 2. The molecule has 0 aliphatic carbocycles. The van der Waals surface area contributed by atoms with Gasteiger partial charge in [0, 0.05) is 19.4 Å². The van der Waals surface area contributed by atoms with Gasteiger partial charge in [-0.3, -0.25) is 0 Å². The number of nitrogens with one attached hydrogen (secondary N) is 1. The second-order valence-electron chi connectivity index (χ2n) is 4.93. The molecular formula is C13H23N3. The van der Waals surface area contributed by atoms with E-state index in [9.17, 15) is 0 Å². The average Bonchev–Trinajstić information content (AvgIpc) is 2.57. The lowest BCUT2D eigenvalue weighted by molar-refractivity contribution is 0.273. The molecule has 1 unspecified atom stereocenters. The average molecular weight is 221 g/mol. The lowest BCUT2D eigenvalue weighted by Gasteiger charge is -2.33. The Bertz CT molecular complexity index is 322. The van der Waals surface area contributed by atoms with Gasteiger partial charge in [0.25, 0.3) is 0 Å². The van der Waals surface area contributed by atoms with Crippen LogP contribution in [0.15, 0.2) is 12.4 Å². The van der Waals surface area contributed by atoms with E-state index in [-0.39, 0.29) is 5.54 Å². The maximum atomic E-state index is 4.57. The summed E-state index contributed by atoms with van der Waals surface area (Å²) in [4.78, 5) is 4.57. The van der Waals surface area contributed by atoms with Crippen molar-refractivity contribution in [3.63, 3.8) is 0 Å². The van der Waals surface area contributed by atoms with Gasteiger partial charge in [-0.25, -0.2) is 4.98 Å². The van der Waals surface area contributed by atoms with Crippen molar-refractivity contribution in [3.05, 3.63) is 18.2 Å². The Morgan fingerprint density at radius 1 is 1.44 bits per heavy atom. The number of hydrogen-bond donors (Lipinski definition) is 1. The smallest absolute Gasteiger partial charge is 0.128 e.